The number of piperazine rings is 1. The molecular weight excluding hydrogens is 392 g/mol. The number of para-hydroxylation sites is 1. The minimum absolute atomic E-state index is 0.148. The van der Waals surface area contributed by atoms with Crippen molar-refractivity contribution >= 4 is 45.6 Å². The van der Waals surface area contributed by atoms with E-state index in [4.69, 9.17) is 0 Å². The number of hydrogen-bond donors (Lipinski definition) is 1. The van der Waals surface area contributed by atoms with Gasteiger partial charge in [-0.3, -0.25) is 9.69 Å². The molecule has 0 radical (unpaired) electrons. The van der Waals surface area contributed by atoms with Gasteiger partial charge in [0.25, 0.3) is 5.82 Å². The molecule has 28 heavy (non-hydrogen) atoms. The fourth-order valence-corrected chi connectivity index (χ4v) is 4.63. The molecule has 1 amide bonds. The van der Waals surface area contributed by atoms with E-state index < -0.39 is 0 Å². The third-order valence-electron chi connectivity index (χ3n) is 4.42. The zero-order valence-electron chi connectivity index (χ0n) is 15.2. The van der Waals surface area contributed by atoms with Crippen LogP contribution in [0.4, 0.5) is 16.6 Å². The van der Waals surface area contributed by atoms with E-state index in [0.717, 1.165) is 47.2 Å². The molecule has 2 aromatic heterocycles. The number of benzene rings is 1. The van der Waals surface area contributed by atoms with Gasteiger partial charge in [-0.15, -0.1) is 10.2 Å². The van der Waals surface area contributed by atoms with Crippen molar-refractivity contribution in [2.45, 2.75) is 4.34 Å². The Labute approximate surface area is 171 Å². The monoisotopic (exact) mass is 413 g/mol. The molecule has 0 bridgehead atoms. The van der Waals surface area contributed by atoms with Crippen LogP contribution in [0.5, 0.6) is 0 Å². The molecule has 2 N–H and O–H groups in total. The highest BCUT2D eigenvalue weighted by atomic mass is 32.2. The second-order valence-electron chi connectivity index (χ2n) is 6.27. The van der Waals surface area contributed by atoms with E-state index in [0.29, 0.717) is 5.75 Å². The third kappa shape index (κ3) is 4.79. The Balaban J connectivity index is 1.24. The Bertz CT molecular complexity index is 897. The maximum Gasteiger partial charge on any atom is 0.274 e. The number of nitrogens with one attached hydrogen (secondary N) is 2. The van der Waals surface area contributed by atoms with E-state index in [1.165, 1.54) is 23.1 Å². The lowest BCUT2D eigenvalue weighted by Crippen LogP contribution is -2.50. The fraction of sp³-hybridized carbons (Fsp3) is 0.263. The normalized spacial score (nSPS) is 14.1. The Morgan fingerprint density at radius 3 is 2.61 bits per heavy atom. The van der Waals surface area contributed by atoms with Crippen LogP contribution >= 0.6 is 23.1 Å². The first-order valence-corrected chi connectivity index (χ1v) is 10.9. The zero-order chi connectivity index (χ0) is 19.2. The van der Waals surface area contributed by atoms with Gasteiger partial charge in [-0.2, -0.15) is 0 Å². The predicted octanol–water partition coefficient (Wildman–Crippen LogP) is 2.54. The largest absolute Gasteiger partial charge is 0.334 e. The summed E-state index contributed by atoms with van der Waals surface area (Å²) in [6.45, 7) is 3.14. The number of nitrogens with zero attached hydrogens (tertiary/aromatic N) is 4. The quantitative estimate of drug-likeness (QED) is 0.626. The number of amides is 1. The van der Waals surface area contributed by atoms with Crippen LogP contribution in [0.25, 0.3) is 0 Å². The summed E-state index contributed by atoms with van der Waals surface area (Å²) in [4.78, 5) is 20.0. The molecule has 0 spiro atoms. The Hall–Kier alpha value is -2.65. The van der Waals surface area contributed by atoms with Gasteiger partial charge in [0.15, 0.2) is 4.34 Å². The van der Waals surface area contributed by atoms with Gasteiger partial charge >= 0.3 is 0 Å². The highest BCUT2D eigenvalue weighted by Crippen LogP contribution is 2.27. The number of hydrogen-bond acceptors (Lipinski definition) is 7. The number of H-pyrrole nitrogens is 1. The summed E-state index contributed by atoms with van der Waals surface area (Å²) in [6, 6.07) is 15.9. The maximum absolute atomic E-state index is 12.5. The van der Waals surface area contributed by atoms with Gasteiger partial charge in [-0.1, -0.05) is 47.4 Å². The summed E-state index contributed by atoms with van der Waals surface area (Å²) in [5.74, 6) is 1.63. The van der Waals surface area contributed by atoms with Gasteiger partial charge in [-0.25, -0.2) is 4.98 Å². The van der Waals surface area contributed by atoms with Crippen LogP contribution in [0.15, 0.2) is 59.1 Å². The first-order valence-electron chi connectivity index (χ1n) is 9.06. The summed E-state index contributed by atoms with van der Waals surface area (Å²) in [7, 11) is 0. The Morgan fingerprint density at radius 2 is 1.86 bits per heavy atom. The van der Waals surface area contributed by atoms with Crippen molar-refractivity contribution in [3.63, 3.8) is 0 Å². The van der Waals surface area contributed by atoms with Gasteiger partial charge < -0.3 is 10.2 Å². The maximum atomic E-state index is 12.5. The van der Waals surface area contributed by atoms with Crippen LogP contribution in [0.1, 0.15) is 0 Å². The molecular formula is C19H21N6OS2+. The van der Waals surface area contributed by atoms with Crippen molar-refractivity contribution in [3.05, 3.63) is 54.7 Å². The molecule has 1 aliphatic rings. The highest BCUT2D eigenvalue weighted by molar-refractivity contribution is 8.01. The number of thioether (sulfide) groups is 1. The van der Waals surface area contributed by atoms with Crippen molar-refractivity contribution in [1.29, 1.82) is 0 Å². The Kier molecular flexibility index (Phi) is 6.03. The third-order valence-corrected chi connectivity index (χ3v) is 6.37. The fourth-order valence-electron chi connectivity index (χ4n) is 2.96. The number of aromatic amines is 1. The van der Waals surface area contributed by atoms with E-state index in [1.807, 2.05) is 53.6 Å². The van der Waals surface area contributed by atoms with Crippen molar-refractivity contribution in [2.24, 2.45) is 0 Å². The molecule has 7 nitrogen and oxygen atoms in total. The summed E-state index contributed by atoms with van der Waals surface area (Å²) in [5.41, 5.74) is 0.972. The lowest BCUT2D eigenvalue weighted by atomic mass is 10.3. The van der Waals surface area contributed by atoms with E-state index in [9.17, 15) is 4.79 Å². The van der Waals surface area contributed by atoms with Crippen LogP contribution in [0, 0.1) is 0 Å². The summed E-state index contributed by atoms with van der Waals surface area (Å²) >= 11 is 2.91. The molecule has 144 valence electrons. The number of rotatable bonds is 6. The SMILES string of the molecule is O=C(CSc1nnc(Nc2ccccc2)s1)N1CCN(c2cccc[nH+]2)CC1. The molecule has 0 aliphatic carbocycles. The van der Waals surface area contributed by atoms with Crippen LogP contribution in [-0.2, 0) is 4.79 Å². The minimum Gasteiger partial charge on any atom is -0.334 e. The number of aromatic nitrogens is 3. The molecule has 9 heteroatoms. The lowest BCUT2D eigenvalue weighted by Gasteiger charge is -2.30. The first kappa shape index (κ1) is 18.7. The van der Waals surface area contributed by atoms with E-state index in [1.54, 1.807) is 0 Å². The molecule has 1 aromatic carbocycles. The molecule has 1 saturated heterocycles. The number of carbonyl (C=O) groups excluding carboxylic acids is 1. The van der Waals surface area contributed by atoms with Gasteiger partial charge in [0, 0.05) is 11.8 Å². The first-order chi connectivity index (χ1) is 13.8. The molecule has 3 aromatic rings. The van der Waals surface area contributed by atoms with Gasteiger partial charge in [0.2, 0.25) is 11.0 Å². The second-order valence-corrected chi connectivity index (χ2v) is 8.47. The standard InChI is InChI=1S/C19H20N6OS2/c26-17(25-12-10-24(11-13-25)16-8-4-5-9-20-16)14-27-19-23-22-18(28-19)21-15-6-2-1-3-7-15/h1-9H,10-14H2,(H,21,22)/p+1. The molecule has 0 saturated carbocycles. The second kappa shape index (κ2) is 9.03. The average molecular weight is 414 g/mol. The number of anilines is 3. The van der Waals surface area contributed by atoms with E-state index in [2.05, 4.69) is 31.5 Å². The number of pyridine rings is 1. The van der Waals surface area contributed by atoms with Crippen molar-refractivity contribution < 1.29 is 9.78 Å². The number of carbonyl (C=O) groups is 1. The molecule has 4 rings (SSSR count). The highest BCUT2D eigenvalue weighted by Gasteiger charge is 2.26. The average Bonchev–Trinajstić information content (AvgIpc) is 3.21. The van der Waals surface area contributed by atoms with Gasteiger partial charge in [-0.05, 0) is 18.2 Å². The van der Waals surface area contributed by atoms with E-state index >= 15 is 0 Å². The summed E-state index contributed by atoms with van der Waals surface area (Å²) in [6.07, 6.45) is 1.92. The van der Waals surface area contributed by atoms with Crippen LogP contribution in [0.3, 0.4) is 0 Å². The smallest absolute Gasteiger partial charge is 0.274 e. The van der Waals surface area contributed by atoms with Crippen molar-refractivity contribution in [1.82, 2.24) is 15.1 Å². The minimum atomic E-state index is 0.148. The Morgan fingerprint density at radius 1 is 1.07 bits per heavy atom. The van der Waals surface area contributed by atoms with Crippen LogP contribution in [-0.4, -0.2) is 52.9 Å². The van der Waals surface area contributed by atoms with Gasteiger partial charge in [0.05, 0.1) is 25.0 Å². The summed E-state index contributed by atoms with van der Waals surface area (Å²) < 4.78 is 0.796. The molecule has 1 aliphatic heterocycles. The van der Waals surface area contributed by atoms with Crippen LogP contribution in [0.2, 0.25) is 0 Å². The summed E-state index contributed by atoms with van der Waals surface area (Å²) in [5, 5.41) is 12.3. The molecule has 3 heterocycles. The predicted molar refractivity (Wildman–Crippen MR) is 112 cm³/mol. The van der Waals surface area contributed by atoms with Crippen molar-refractivity contribution in [2.75, 3.05) is 42.1 Å². The molecule has 1 fully saturated rings. The lowest BCUT2D eigenvalue weighted by molar-refractivity contribution is -0.364. The van der Waals surface area contributed by atoms with Crippen LogP contribution < -0.4 is 15.2 Å². The zero-order valence-corrected chi connectivity index (χ0v) is 16.9. The van der Waals surface area contributed by atoms with E-state index in [-0.39, 0.29) is 5.91 Å². The van der Waals surface area contributed by atoms with Gasteiger partial charge in [0.1, 0.15) is 13.1 Å². The molecule has 0 unspecified atom stereocenters. The van der Waals surface area contributed by atoms with Crippen molar-refractivity contribution in [3.8, 4) is 0 Å². The topological polar surface area (TPSA) is 75.5 Å². The molecule has 0 atom stereocenters.